The molecule has 0 aliphatic heterocycles. The van der Waals surface area contributed by atoms with Crippen LogP contribution in [0.4, 0.5) is 0 Å². The van der Waals surface area contributed by atoms with Gasteiger partial charge >= 0.3 is 0 Å². The number of benzene rings is 9. The minimum atomic E-state index is 0.624. The van der Waals surface area contributed by atoms with Crippen LogP contribution in [0.3, 0.4) is 0 Å². The van der Waals surface area contributed by atoms with Crippen molar-refractivity contribution in [3.63, 3.8) is 0 Å². The van der Waals surface area contributed by atoms with Gasteiger partial charge in [-0.1, -0.05) is 152 Å². The van der Waals surface area contributed by atoms with E-state index in [0.29, 0.717) is 17.5 Å². The lowest BCUT2D eigenvalue weighted by Crippen LogP contribution is -2.01. The van der Waals surface area contributed by atoms with Crippen LogP contribution < -0.4 is 0 Å². The molecule has 12 aromatic rings. The summed E-state index contributed by atoms with van der Waals surface area (Å²) in [5.74, 6) is 1.88. The van der Waals surface area contributed by atoms with Gasteiger partial charge in [0.25, 0.3) is 0 Å². The summed E-state index contributed by atoms with van der Waals surface area (Å²) in [6.07, 6.45) is 0. The van der Waals surface area contributed by atoms with Gasteiger partial charge < -0.3 is 9.97 Å². The Morgan fingerprint density at radius 3 is 1.66 bits per heavy atom. The van der Waals surface area contributed by atoms with Crippen LogP contribution in [0.25, 0.3) is 121 Å². The summed E-state index contributed by atoms with van der Waals surface area (Å²) in [5.41, 5.74) is 9.39. The van der Waals surface area contributed by atoms with Crippen LogP contribution in [-0.4, -0.2) is 24.9 Å². The Balaban J connectivity index is 1.18. The van der Waals surface area contributed by atoms with E-state index in [1.807, 2.05) is 0 Å². The summed E-state index contributed by atoms with van der Waals surface area (Å²) in [5, 5.41) is 11.6. The van der Waals surface area contributed by atoms with E-state index in [0.717, 1.165) is 76.8 Å². The second kappa shape index (κ2) is 11.9. The van der Waals surface area contributed by atoms with E-state index in [2.05, 4.69) is 186 Å². The lowest BCUT2D eigenvalue weighted by molar-refractivity contribution is 1.08. The SMILES string of the molecule is c1ccc(-c2ccc(-c3nc(-c4cccc5c4ccc4ccc6ccccc6c45)nc(-c4cccc5[nH]c6ccccc6c45)n3)c3c2[nH]c2ccccc23)cc1. The quantitative estimate of drug-likeness (QED) is 0.178. The molecular weight excluding hydrogens is 683 g/mol. The molecule has 0 atom stereocenters. The van der Waals surface area contributed by atoms with Gasteiger partial charge in [-0.25, -0.2) is 15.0 Å². The van der Waals surface area contributed by atoms with Crippen molar-refractivity contribution in [2.45, 2.75) is 0 Å². The number of hydrogen-bond donors (Lipinski definition) is 2. The molecule has 12 rings (SSSR count). The monoisotopic (exact) mass is 713 g/mol. The van der Waals surface area contributed by atoms with Gasteiger partial charge in [-0.05, 0) is 62.1 Å². The van der Waals surface area contributed by atoms with Gasteiger partial charge in [0.15, 0.2) is 17.5 Å². The molecule has 3 aromatic heterocycles. The normalized spacial score (nSPS) is 11.9. The highest BCUT2D eigenvalue weighted by atomic mass is 15.0. The summed E-state index contributed by atoms with van der Waals surface area (Å²) in [6.45, 7) is 0. The molecule has 0 bridgehead atoms. The van der Waals surface area contributed by atoms with Crippen LogP contribution in [0, 0.1) is 0 Å². The maximum absolute atomic E-state index is 5.42. The van der Waals surface area contributed by atoms with Gasteiger partial charge in [-0.15, -0.1) is 0 Å². The van der Waals surface area contributed by atoms with Crippen molar-refractivity contribution < 1.29 is 0 Å². The molecule has 0 unspecified atom stereocenters. The largest absolute Gasteiger partial charge is 0.354 e. The van der Waals surface area contributed by atoms with Crippen molar-refractivity contribution in [2.75, 3.05) is 0 Å². The first-order valence-electron chi connectivity index (χ1n) is 19.0. The first-order valence-corrected chi connectivity index (χ1v) is 19.0. The van der Waals surface area contributed by atoms with E-state index in [9.17, 15) is 0 Å². The molecule has 5 heteroatoms. The van der Waals surface area contributed by atoms with Gasteiger partial charge in [-0.3, -0.25) is 0 Å². The average Bonchev–Trinajstić information content (AvgIpc) is 3.85. The highest BCUT2D eigenvalue weighted by Crippen LogP contribution is 2.42. The van der Waals surface area contributed by atoms with Gasteiger partial charge in [0.05, 0.1) is 5.52 Å². The minimum Gasteiger partial charge on any atom is -0.354 e. The standard InChI is InChI=1S/C51H31N5/c1-2-12-30(13-3-1)34-28-29-41(47-39-17-7-9-22-43(39)53-48(34)47)51-55-49(54-50(56-51)40-20-11-23-44-46(40)38-16-6-8-21-42(38)52-44)37-19-10-18-36-35(37)27-26-32-25-24-31-14-4-5-15-33(31)45(32)36/h1-29,52-53H. The van der Waals surface area contributed by atoms with E-state index in [-0.39, 0.29) is 0 Å². The zero-order valence-corrected chi connectivity index (χ0v) is 30.1. The molecule has 9 aromatic carbocycles. The van der Waals surface area contributed by atoms with Crippen LogP contribution in [0.5, 0.6) is 0 Å². The number of rotatable bonds is 4. The molecule has 3 heterocycles. The van der Waals surface area contributed by atoms with Gasteiger partial charge in [0.1, 0.15) is 0 Å². The lowest BCUT2D eigenvalue weighted by atomic mass is 9.94. The van der Waals surface area contributed by atoms with Crippen LogP contribution in [0.15, 0.2) is 176 Å². The summed E-state index contributed by atoms with van der Waals surface area (Å²) in [7, 11) is 0. The first-order chi connectivity index (χ1) is 27.8. The smallest absolute Gasteiger partial charge is 0.164 e. The molecular formula is C51H31N5. The second-order valence-electron chi connectivity index (χ2n) is 14.5. The highest BCUT2D eigenvalue weighted by Gasteiger charge is 2.22. The Morgan fingerprint density at radius 2 is 0.839 bits per heavy atom. The van der Waals surface area contributed by atoms with Crippen molar-refractivity contribution in [3.05, 3.63) is 176 Å². The molecule has 0 aliphatic carbocycles. The Bertz CT molecular complexity index is 3540. The fraction of sp³-hybridized carbons (Fsp3) is 0. The maximum atomic E-state index is 5.42. The predicted octanol–water partition coefficient (Wildman–Crippen LogP) is 13.3. The topological polar surface area (TPSA) is 70.2 Å². The Labute approximate surface area is 321 Å². The van der Waals surface area contributed by atoms with Crippen molar-refractivity contribution in [1.29, 1.82) is 0 Å². The van der Waals surface area contributed by atoms with Crippen molar-refractivity contribution in [2.24, 2.45) is 0 Å². The zero-order chi connectivity index (χ0) is 36.7. The average molecular weight is 714 g/mol. The van der Waals surface area contributed by atoms with Crippen molar-refractivity contribution >= 4 is 75.9 Å². The third-order valence-corrected chi connectivity index (χ3v) is 11.4. The third-order valence-electron chi connectivity index (χ3n) is 11.4. The van der Waals surface area contributed by atoms with E-state index < -0.39 is 0 Å². The molecule has 0 saturated carbocycles. The fourth-order valence-electron chi connectivity index (χ4n) is 8.89. The van der Waals surface area contributed by atoms with Gasteiger partial charge in [0.2, 0.25) is 0 Å². The number of para-hydroxylation sites is 2. The Kier molecular flexibility index (Phi) is 6.56. The Hall–Kier alpha value is -7.63. The summed E-state index contributed by atoms with van der Waals surface area (Å²) < 4.78 is 0. The molecule has 2 N–H and O–H groups in total. The number of hydrogen-bond acceptors (Lipinski definition) is 3. The number of aromatic amines is 2. The van der Waals surface area contributed by atoms with Crippen molar-refractivity contribution in [1.82, 2.24) is 24.9 Å². The zero-order valence-electron chi connectivity index (χ0n) is 30.1. The lowest BCUT2D eigenvalue weighted by Gasteiger charge is -2.14. The van der Waals surface area contributed by atoms with E-state index >= 15 is 0 Å². The summed E-state index contributed by atoms with van der Waals surface area (Å²) >= 11 is 0. The molecule has 0 amide bonds. The second-order valence-corrected chi connectivity index (χ2v) is 14.5. The first kappa shape index (κ1) is 30.8. The molecule has 0 fully saturated rings. The van der Waals surface area contributed by atoms with Gasteiger partial charge in [0, 0.05) is 60.3 Å². The number of fused-ring (bicyclic) bond motifs is 11. The number of nitrogens with zero attached hydrogens (tertiary/aromatic N) is 3. The van der Waals surface area contributed by atoms with Gasteiger partial charge in [-0.2, -0.15) is 0 Å². The molecule has 0 aliphatic rings. The number of nitrogens with one attached hydrogen (secondary N) is 2. The number of aromatic nitrogens is 5. The summed E-state index contributed by atoms with van der Waals surface area (Å²) in [4.78, 5) is 23.6. The van der Waals surface area contributed by atoms with Crippen LogP contribution in [-0.2, 0) is 0 Å². The van der Waals surface area contributed by atoms with Crippen LogP contribution >= 0.6 is 0 Å². The van der Waals surface area contributed by atoms with Crippen molar-refractivity contribution in [3.8, 4) is 45.3 Å². The molecule has 260 valence electrons. The Morgan fingerprint density at radius 1 is 0.286 bits per heavy atom. The molecule has 56 heavy (non-hydrogen) atoms. The molecule has 0 radical (unpaired) electrons. The molecule has 0 saturated heterocycles. The summed E-state index contributed by atoms with van der Waals surface area (Å²) in [6, 6.07) is 62.2. The maximum Gasteiger partial charge on any atom is 0.164 e. The van der Waals surface area contributed by atoms with E-state index in [4.69, 9.17) is 15.0 Å². The molecule has 5 nitrogen and oxygen atoms in total. The number of H-pyrrole nitrogens is 2. The molecule has 0 spiro atoms. The van der Waals surface area contributed by atoms with E-state index in [1.54, 1.807) is 0 Å². The third kappa shape index (κ3) is 4.58. The van der Waals surface area contributed by atoms with Crippen LogP contribution in [0.1, 0.15) is 0 Å². The highest BCUT2D eigenvalue weighted by molar-refractivity contribution is 6.22. The minimum absolute atomic E-state index is 0.624. The predicted molar refractivity (Wildman–Crippen MR) is 233 cm³/mol. The fourth-order valence-corrected chi connectivity index (χ4v) is 8.89. The van der Waals surface area contributed by atoms with E-state index in [1.165, 1.54) is 26.9 Å². The van der Waals surface area contributed by atoms with Crippen LogP contribution in [0.2, 0.25) is 0 Å².